The summed E-state index contributed by atoms with van der Waals surface area (Å²) in [6, 6.07) is 6.64. The van der Waals surface area contributed by atoms with Crippen LogP contribution in [0.3, 0.4) is 0 Å². The van der Waals surface area contributed by atoms with Crippen molar-refractivity contribution in [3.05, 3.63) is 57.2 Å². The van der Waals surface area contributed by atoms with Crippen molar-refractivity contribution in [1.29, 1.82) is 0 Å². The summed E-state index contributed by atoms with van der Waals surface area (Å²) in [5.74, 6) is 0.761. The fraction of sp³-hybridized carbons (Fsp3) is 0.300. The van der Waals surface area contributed by atoms with Gasteiger partial charge in [-0.15, -0.1) is 11.3 Å². The molecule has 3 aromatic rings. The van der Waals surface area contributed by atoms with Gasteiger partial charge in [-0.05, 0) is 49.3 Å². The highest BCUT2D eigenvalue weighted by molar-refractivity contribution is 7.99. The lowest BCUT2D eigenvalue weighted by atomic mass is 9.89. The number of rotatable bonds is 4. The summed E-state index contributed by atoms with van der Waals surface area (Å²) in [4.78, 5) is 21.0. The van der Waals surface area contributed by atoms with Crippen LogP contribution in [0.25, 0.3) is 21.3 Å². The van der Waals surface area contributed by atoms with Crippen molar-refractivity contribution >= 4 is 33.3 Å². The van der Waals surface area contributed by atoms with E-state index < -0.39 is 0 Å². The predicted octanol–water partition coefficient (Wildman–Crippen LogP) is 5.20. The van der Waals surface area contributed by atoms with E-state index in [0.29, 0.717) is 10.5 Å². The molecule has 0 atom stereocenters. The smallest absolute Gasteiger partial charge is 0.260 e. The molecule has 1 aliphatic rings. The molecule has 0 radical (unpaired) electrons. The van der Waals surface area contributed by atoms with E-state index in [-0.39, 0.29) is 5.56 Å². The molecule has 0 fully saturated rings. The van der Waals surface area contributed by atoms with Crippen LogP contribution < -0.4 is 5.56 Å². The molecular weight excluding hydrogens is 348 g/mol. The largest absolute Gasteiger partial charge is 0.301 e. The Morgan fingerprint density at radius 1 is 1.32 bits per heavy atom. The van der Waals surface area contributed by atoms with Crippen LogP contribution in [0.2, 0.25) is 0 Å². The van der Waals surface area contributed by atoms with Gasteiger partial charge < -0.3 is 4.98 Å². The minimum absolute atomic E-state index is 0.0526. The van der Waals surface area contributed by atoms with E-state index in [2.05, 4.69) is 40.1 Å². The van der Waals surface area contributed by atoms with Gasteiger partial charge in [0.2, 0.25) is 0 Å². The monoisotopic (exact) mass is 368 g/mol. The Kier molecular flexibility index (Phi) is 4.52. The van der Waals surface area contributed by atoms with Gasteiger partial charge in [0.1, 0.15) is 4.83 Å². The van der Waals surface area contributed by atoms with Crippen molar-refractivity contribution in [2.75, 3.05) is 5.75 Å². The summed E-state index contributed by atoms with van der Waals surface area (Å²) in [7, 11) is 0. The van der Waals surface area contributed by atoms with Crippen molar-refractivity contribution in [2.45, 2.75) is 37.8 Å². The molecule has 0 spiro atoms. The Morgan fingerprint density at radius 2 is 2.12 bits per heavy atom. The van der Waals surface area contributed by atoms with Crippen LogP contribution in [0.1, 0.15) is 30.9 Å². The van der Waals surface area contributed by atoms with Crippen molar-refractivity contribution < 1.29 is 0 Å². The summed E-state index contributed by atoms with van der Waals surface area (Å²) in [6.45, 7) is 5.87. The van der Waals surface area contributed by atoms with Crippen molar-refractivity contribution in [2.24, 2.45) is 0 Å². The molecule has 0 amide bonds. The highest BCUT2D eigenvalue weighted by Gasteiger charge is 2.15. The van der Waals surface area contributed by atoms with Gasteiger partial charge in [0, 0.05) is 16.7 Å². The summed E-state index contributed by atoms with van der Waals surface area (Å²) in [5.41, 5.74) is 6.03. The number of thioether (sulfide) groups is 1. The molecule has 3 nitrogen and oxygen atoms in total. The lowest BCUT2D eigenvalue weighted by molar-refractivity contribution is 0.686. The zero-order chi connectivity index (χ0) is 17.4. The molecule has 4 rings (SSSR count). The molecule has 5 heteroatoms. The van der Waals surface area contributed by atoms with Gasteiger partial charge in [-0.25, -0.2) is 4.98 Å². The number of nitrogens with one attached hydrogen (secondary N) is 1. The number of H-pyrrole nitrogens is 1. The maximum atomic E-state index is 12.7. The number of benzene rings is 1. The van der Waals surface area contributed by atoms with E-state index >= 15 is 0 Å². The van der Waals surface area contributed by atoms with E-state index in [1.54, 1.807) is 11.3 Å². The first-order valence-electron chi connectivity index (χ1n) is 8.52. The standard InChI is InChI=1S/C20H20N2OS2/c1-12(2)10-25-20-21-18(23)17-16(11-24-19(17)22-20)15-8-7-13-5-3-4-6-14(13)9-15/h7-9,11H,1,3-6,10H2,2H3,(H,21,22,23). The minimum Gasteiger partial charge on any atom is -0.301 e. The number of nitrogens with zero attached hydrogens (tertiary/aromatic N) is 1. The Labute approximate surface area is 155 Å². The second-order valence-corrected chi connectivity index (χ2v) is 8.46. The molecule has 0 saturated carbocycles. The number of fused-ring (bicyclic) bond motifs is 2. The highest BCUT2D eigenvalue weighted by Crippen LogP contribution is 2.34. The summed E-state index contributed by atoms with van der Waals surface area (Å²) in [6.07, 6.45) is 4.85. The van der Waals surface area contributed by atoms with Crippen molar-refractivity contribution in [1.82, 2.24) is 9.97 Å². The Bertz CT molecular complexity index is 1020. The van der Waals surface area contributed by atoms with Crippen LogP contribution in [-0.4, -0.2) is 15.7 Å². The third kappa shape index (κ3) is 3.31. The minimum atomic E-state index is -0.0526. The first-order chi connectivity index (χ1) is 12.1. The molecule has 25 heavy (non-hydrogen) atoms. The van der Waals surface area contributed by atoms with Crippen LogP contribution in [-0.2, 0) is 12.8 Å². The van der Waals surface area contributed by atoms with Gasteiger partial charge >= 0.3 is 0 Å². The zero-order valence-corrected chi connectivity index (χ0v) is 15.9. The lowest BCUT2D eigenvalue weighted by Crippen LogP contribution is -2.09. The topological polar surface area (TPSA) is 45.8 Å². The highest BCUT2D eigenvalue weighted by atomic mass is 32.2. The van der Waals surface area contributed by atoms with Crippen molar-refractivity contribution in [3.8, 4) is 11.1 Å². The number of hydrogen-bond donors (Lipinski definition) is 1. The normalized spacial score (nSPS) is 13.8. The molecule has 1 aliphatic carbocycles. The zero-order valence-electron chi connectivity index (χ0n) is 14.2. The SMILES string of the molecule is C=C(C)CSc1nc2scc(-c3ccc4c(c3)CCCC4)c2c(=O)[nH]1. The maximum Gasteiger partial charge on any atom is 0.260 e. The Hall–Kier alpha value is -1.85. The van der Waals surface area contributed by atoms with E-state index in [0.717, 1.165) is 33.7 Å². The van der Waals surface area contributed by atoms with Crippen LogP contribution in [0.5, 0.6) is 0 Å². The van der Waals surface area contributed by atoms with Gasteiger partial charge in [0.25, 0.3) is 5.56 Å². The molecule has 0 saturated heterocycles. The van der Waals surface area contributed by atoms with E-state index in [9.17, 15) is 4.79 Å². The van der Waals surface area contributed by atoms with Crippen LogP contribution in [0.15, 0.2) is 45.7 Å². The van der Waals surface area contributed by atoms with E-state index in [1.165, 1.54) is 42.2 Å². The fourth-order valence-electron chi connectivity index (χ4n) is 3.30. The molecule has 0 bridgehead atoms. The number of thiophene rings is 1. The average Bonchev–Trinajstić information content (AvgIpc) is 3.04. The molecule has 1 N–H and O–H groups in total. The maximum absolute atomic E-state index is 12.7. The van der Waals surface area contributed by atoms with Crippen LogP contribution in [0, 0.1) is 0 Å². The predicted molar refractivity (Wildman–Crippen MR) is 108 cm³/mol. The molecule has 2 heterocycles. The van der Waals surface area contributed by atoms with Crippen LogP contribution >= 0.6 is 23.1 Å². The molecule has 0 unspecified atom stereocenters. The molecule has 128 valence electrons. The van der Waals surface area contributed by atoms with Gasteiger partial charge in [0.05, 0.1) is 5.39 Å². The molecule has 2 aromatic heterocycles. The van der Waals surface area contributed by atoms with Crippen LogP contribution in [0.4, 0.5) is 0 Å². The quantitative estimate of drug-likeness (QED) is 0.391. The second-order valence-electron chi connectivity index (χ2n) is 6.64. The van der Waals surface area contributed by atoms with Gasteiger partial charge in [-0.3, -0.25) is 4.79 Å². The number of hydrogen-bond acceptors (Lipinski definition) is 4. The van der Waals surface area contributed by atoms with Crippen molar-refractivity contribution in [3.63, 3.8) is 0 Å². The number of aromatic amines is 1. The summed E-state index contributed by atoms with van der Waals surface area (Å²) < 4.78 is 0. The molecule has 1 aromatic carbocycles. The Morgan fingerprint density at radius 3 is 2.92 bits per heavy atom. The lowest BCUT2D eigenvalue weighted by Gasteiger charge is -2.16. The summed E-state index contributed by atoms with van der Waals surface area (Å²) >= 11 is 3.06. The third-order valence-corrected chi connectivity index (χ3v) is 6.51. The second kappa shape index (κ2) is 6.81. The average molecular weight is 369 g/mol. The van der Waals surface area contributed by atoms with Gasteiger partial charge in [-0.2, -0.15) is 0 Å². The Balaban J connectivity index is 1.76. The van der Waals surface area contributed by atoms with E-state index in [4.69, 9.17) is 0 Å². The molecule has 0 aliphatic heterocycles. The first kappa shape index (κ1) is 16.6. The first-order valence-corrected chi connectivity index (χ1v) is 10.4. The van der Waals surface area contributed by atoms with Gasteiger partial charge in [0.15, 0.2) is 5.16 Å². The fourth-order valence-corrected chi connectivity index (χ4v) is 5.01. The van der Waals surface area contributed by atoms with Gasteiger partial charge in [-0.1, -0.05) is 42.1 Å². The van der Waals surface area contributed by atoms with E-state index in [1.807, 2.05) is 6.92 Å². The third-order valence-electron chi connectivity index (χ3n) is 4.54. The number of aryl methyl sites for hydroxylation is 2. The molecular formula is C20H20N2OS2. The summed E-state index contributed by atoms with van der Waals surface area (Å²) in [5, 5.41) is 3.43. The number of aromatic nitrogens is 2.